The standard InChI is InChI=1S/C15H19BFNO4/c1-14(2)15(3,4)22-16(21-14)10-5-6-11-9(12(10)17)7-8-18(11)13(19)20/h5-6H,7-8H2,1-4H3,(H,19,20). The van der Waals surface area contributed by atoms with Gasteiger partial charge in [-0.1, -0.05) is 6.07 Å². The van der Waals surface area contributed by atoms with E-state index in [4.69, 9.17) is 14.4 Å². The summed E-state index contributed by atoms with van der Waals surface area (Å²) in [6.45, 7) is 7.90. The van der Waals surface area contributed by atoms with E-state index in [1.807, 2.05) is 27.7 Å². The van der Waals surface area contributed by atoms with Crippen molar-refractivity contribution in [1.29, 1.82) is 0 Å². The molecule has 0 atom stereocenters. The zero-order valence-corrected chi connectivity index (χ0v) is 13.1. The zero-order chi connectivity index (χ0) is 16.3. The second-order valence-corrected chi connectivity index (χ2v) is 6.74. The minimum absolute atomic E-state index is 0.272. The maximum absolute atomic E-state index is 14.8. The Balaban J connectivity index is 1.97. The van der Waals surface area contributed by atoms with Crippen LogP contribution in [-0.2, 0) is 15.7 Å². The minimum Gasteiger partial charge on any atom is -0.465 e. The molecular weight excluding hydrogens is 288 g/mol. The second kappa shape index (κ2) is 4.70. The number of fused-ring (bicyclic) bond motifs is 1. The molecular formula is C15H19BFNO4. The van der Waals surface area contributed by atoms with Crippen molar-refractivity contribution in [3.05, 3.63) is 23.5 Å². The van der Waals surface area contributed by atoms with E-state index >= 15 is 0 Å². The van der Waals surface area contributed by atoms with Crippen LogP contribution < -0.4 is 10.4 Å². The first-order chi connectivity index (χ1) is 10.1. The van der Waals surface area contributed by atoms with Crippen molar-refractivity contribution in [2.45, 2.75) is 45.3 Å². The molecule has 7 heteroatoms. The van der Waals surface area contributed by atoms with Gasteiger partial charge in [0.05, 0.1) is 16.9 Å². The lowest BCUT2D eigenvalue weighted by Crippen LogP contribution is -2.41. The summed E-state index contributed by atoms with van der Waals surface area (Å²) in [6, 6.07) is 3.18. The third kappa shape index (κ3) is 2.11. The topological polar surface area (TPSA) is 59.0 Å². The molecule has 0 spiro atoms. The first-order valence-corrected chi connectivity index (χ1v) is 7.31. The number of nitrogens with zero attached hydrogens (tertiary/aromatic N) is 1. The maximum atomic E-state index is 14.8. The molecule has 0 bridgehead atoms. The number of benzene rings is 1. The summed E-state index contributed by atoms with van der Waals surface area (Å²) >= 11 is 0. The van der Waals surface area contributed by atoms with Crippen molar-refractivity contribution in [3.8, 4) is 0 Å². The monoisotopic (exact) mass is 307 g/mol. The molecule has 1 fully saturated rings. The molecule has 0 unspecified atom stereocenters. The molecule has 1 aromatic carbocycles. The van der Waals surface area contributed by atoms with Crippen LogP contribution in [-0.4, -0.2) is 36.1 Å². The number of carbonyl (C=O) groups is 1. The van der Waals surface area contributed by atoms with Gasteiger partial charge in [0.25, 0.3) is 0 Å². The number of anilines is 1. The number of amides is 1. The Morgan fingerprint density at radius 3 is 2.41 bits per heavy atom. The third-order valence-corrected chi connectivity index (χ3v) is 4.86. The fourth-order valence-corrected chi connectivity index (χ4v) is 2.81. The van der Waals surface area contributed by atoms with E-state index in [0.717, 1.165) is 4.90 Å². The van der Waals surface area contributed by atoms with Crippen LogP contribution in [0.25, 0.3) is 0 Å². The van der Waals surface area contributed by atoms with Gasteiger partial charge in [0.1, 0.15) is 5.82 Å². The van der Waals surface area contributed by atoms with Gasteiger partial charge in [-0.2, -0.15) is 0 Å². The van der Waals surface area contributed by atoms with Crippen molar-refractivity contribution in [3.63, 3.8) is 0 Å². The van der Waals surface area contributed by atoms with Crippen molar-refractivity contribution < 1.29 is 23.6 Å². The summed E-state index contributed by atoms with van der Waals surface area (Å²) in [6.07, 6.45) is -0.706. The number of hydrogen-bond acceptors (Lipinski definition) is 3. The molecule has 3 rings (SSSR count). The molecule has 2 aliphatic rings. The van der Waals surface area contributed by atoms with Crippen molar-refractivity contribution in [1.82, 2.24) is 0 Å². The Kier molecular flexibility index (Phi) is 3.27. The van der Waals surface area contributed by atoms with Crippen molar-refractivity contribution >= 4 is 24.4 Å². The number of rotatable bonds is 1. The van der Waals surface area contributed by atoms with Gasteiger partial charge in [-0.05, 0) is 40.2 Å². The summed E-state index contributed by atoms with van der Waals surface area (Å²) in [5.74, 6) is -0.431. The SMILES string of the molecule is CC1(C)OB(c2ccc3c(c2F)CCN3C(=O)O)OC1(C)C. The lowest BCUT2D eigenvalue weighted by Gasteiger charge is -2.32. The molecule has 2 heterocycles. The Labute approximate surface area is 129 Å². The molecule has 0 aliphatic carbocycles. The number of halogens is 1. The van der Waals surface area contributed by atoms with E-state index in [9.17, 15) is 9.18 Å². The van der Waals surface area contributed by atoms with Crippen LogP contribution in [0.1, 0.15) is 33.3 Å². The summed E-state index contributed by atoms with van der Waals surface area (Å²) in [7, 11) is -0.783. The number of carboxylic acid groups (broad SMARTS) is 1. The van der Waals surface area contributed by atoms with Gasteiger partial charge >= 0.3 is 13.2 Å². The molecule has 118 valence electrons. The molecule has 5 nitrogen and oxygen atoms in total. The molecule has 0 saturated carbocycles. The van der Waals surface area contributed by atoms with E-state index in [0.29, 0.717) is 23.1 Å². The van der Waals surface area contributed by atoms with Gasteiger partial charge in [0.2, 0.25) is 0 Å². The fourth-order valence-electron chi connectivity index (χ4n) is 2.81. The smallest absolute Gasteiger partial charge is 0.465 e. The summed E-state index contributed by atoms with van der Waals surface area (Å²) in [5.41, 5.74) is 0.0522. The predicted octanol–water partition coefficient (Wildman–Crippen LogP) is 2.17. The maximum Gasteiger partial charge on any atom is 0.497 e. The Morgan fingerprint density at radius 2 is 1.86 bits per heavy atom. The van der Waals surface area contributed by atoms with Crippen LogP contribution in [0.15, 0.2) is 12.1 Å². The van der Waals surface area contributed by atoms with E-state index < -0.39 is 30.2 Å². The van der Waals surface area contributed by atoms with Gasteiger partial charge in [0, 0.05) is 17.6 Å². The van der Waals surface area contributed by atoms with Crippen molar-refractivity contribution in [2.24, 2.45) is 0 Å². The third-order valence-electron chi connectivity index (χ3n) is 4.86. The Bertz CT molecular complexity index is 631. The highest BCUT2D eigenvalue weighted by molar-refractivity contribution is 6.62. The Hall–Kier alpha value is -1.60. The van der Waals surface area contributed by atoms with Gasteiger partial charge in [-0.25, -0.2) is 9.18 Å². The van der Waals surface area contributed by atoms with Crippen molar-refractivity contribution in [2.75, 3.05) is 11.4 Å². The quantitative estimate of drug-likeness (QED) is 0.808. The van der Waals surface area contributed by atoms with Gasteiger partial charge < -0.3 is 14.4 Å². The lowest BCUT2D eigenvalue weighted by atomic mass is 9.77. The summed E-state index contributed by atoms with van der Waals surface area (Å²) < 4.78 is 26.5. The molecule has 2 aliphatic heterocycles. The highest BCUT2D eigenvalue weighted by Crippen LogP contribution is 2.37. The fraction of sp³-hybridized carbons (Fsp3) is 0.533. The van der Waals surface area contributed by atoms with E-state index in [1.165, 1.54) is 0 Å². The van der Waals surface area contributed by atoms with Gasteiger partial charge in [-0.3, -0.25) is 4.90 Å². The molecule has 22 heavy (non-hydrogen) atoms. The molecule has 1 N–H and O–H groups in total. The van der Waals surface area contributed by atoms with Crippen LogP contribution >= 0.6 is 0 Å². The normalized spacial score (nSPS) is 22.0. The van der Waals surface area contributed by atoms with Crippen LogP contribution in [0.3, 0.4) is 0 Å². The van der Waals surface area contributed by atoms with E-state index in [-0.39, 0.29) is 6.54 Å². The van der Waals surface area contributed by atoms with Gasteiger partial charge in [-0.15, -0.1) is 0 Å². The molecule has 0 aromatic heterocycles. The highest BCUT2D eigenvalue weighted by atomic mass is 19.1. The van der Waals surface area contributed by atoms with E-state index in [2.05, 4.69) is 0 Å². The van der Waals surface area contributed by atoms with Crippen LogP contribution in [0.5, 0.6) is 0 Å². The van der Waals surface area contributed by atoms with Crippen LogP contribution in [0.4, 0.5) is 14.9 Å². The summed E-state index contributed by atoms with van der Waals surface area (Å²) in [5, 5.41) is 9.12. The Morgan fingerprint density at radius 1 is 1.27 bits per heavy atom. The molecule has 1 aromatic rings. The average Bonchev–Trinajstić information content (AvgIpc) is 2.90. The molecule has 0 radical (unpaired) electrons. The first-order valence-electron chi connectivity index (χ1n) is 7.31. The average molecular weight is 307 g/mol. The highest BCUT2D eigenvalue weighted by Gasteiger charge is 2.52. The molecule has 1 saturated heterocycles. The second-order valence-electron chi connectivity index (χ2n) is 6.74. The predicted molar refractivity (Wildman–Crippen MR) is 81.2 cm³/mol. The van der Waals surface area contributed by atoms with Crippen LogP contribution in [0, 0.1) is 5.82 Å². The van der Waals surface area contributed by atoms with Crippen LogP contribution in [0.2, 0.25) is 0 Å². The molecule has 1 amide bonds. The van der Waals surface area contributed by atoms with Gasteiger partial charge in [0.15, 0.2) is 0 Å². The van der Waals surface area contributed by atoms with E-state index in [1.54, 1.807) is 12.1 Å². The summed E-state index contributed by atoms with van der Waals surface area (Å²) in [4.78, 5) is 12.3. The first kappa shape index (κ1) is 15.3. The zero-order valence-electron chi connectivity index (χ0n) is 13.1. The number of hydrogen-bond donors (Lipinski definition) is 1. The largest absolute Gasteiger partial charge is 0.497 e. The minimum atomic E-state index is -1.07. The lowest BCUT2D eigenvalue weighted by molar-refractivity contribution is 0.00578.